The second kappa shape index (κ2) is 9.77. The predicted octanol–water partition coefficient (Wildman–Crippen LogP) is 2.11. The highest BCUT2D eigenvalue weighted by molar-refractivity contribution is 7.91. The summed E-state index contributed by atoms with van der Waals surface area (Å²) in [5, 5.41) is 2.67. The topological polar surface area (TPSA) is 83.5 Å². The normalized spacial score (nSPS) is 18.2. The predicted molar refractivity (Wildman–Crippen MR) is 116 cm³/mol. The van der Waals surface area contributed by atoms with Gasteiger partial charge in [-0.1, -0.05) is 19.9 Å². The number of aromatic nitrogens is 2. The third-order valence-electron chi connectivity index (χ3n) is 5.29. The van der Waals surface area contributed by atoms with Crippen LogP contribution < -0.4 is 0 Å². The van der Waals surface area contributed by atoms with Crippen LogP contribution in [0.5, 0.6) is 0 Å². The maximum Gasteiger partial charge on any atom is 0.228 e. The van der Waals surface area contributed by atoms with Gasteiger partial charge in [-0.15, -0.1) is 11.3 Å². The first kappa shape index (κ1) is 21.9. The molecule has 9 heteroatoms. The SMILES string of the molecule is CCN(CC)CCN(C(=O)Cc1csc(-c2ccccn2)n1)C1CCS(=O)(=O)C1. The van der Waals surface area contributed by atoms with E-state index in [-0.39, 0.29) is 29.9 Å². The van der Waals surface area contributed by atoms with Gasteiger partial charge < -0.3 is 9.80 Å². The molecule has 1 atom stereocenters. The number of thiazole rings is 1. The van der Waals surface area contributed by atoms with E-state index < -0.39 is 9.84 Å². The average Bonchev–Trinajstić information content (AvgIpc) is 3.32. The van der Waals surface area contributed by atoms with Gasteiger partial charge in [0.25, 0.3) is 0 Å². The highest BCUT2D eigenvalue weighted by Crippen LogP contribution is 2.23. The van der Waals surface area contributed by atoms with E-state index in [9.17, 15) is 13.2 Å². The first-order valence-corrected chi connectivity index (χ1v) is 12.7. The van der Waals surface area contributed by atoms with Gasteiger partial charge in [0.15, 0.2) is 9.84 Å². The summed E-state index contributed by atoms with van der Waals surface area (Å²) in [6.07, 6.45) is 2.41. The van der Waals surface area contributed by atoms with Crippen LogP contribution in [0.4, 0.5) is 0 Å². The van der Waals surface area contributed by atoms with Crippen LogP contribution in [0, 0.1) is 0 Å². The molecule has 0 radical (unpaired) electrons. The van der Waals surface area contributed by atoms with E-state index >= 15 is 0 Å². The van der Waals surface area contributed by atoms with Crippen molar-refractivity contribution in [3.8, 4) is 10.7 Å². The van der Waals surface area contributed by atoms with E-state index in [1.54, 1.807) is 11.1 Å². The number of hydrogen-bond donors (Lipinski definition) is 0. The van der Waals surface area contributed by atoms with Crippen molar-refractivity contribution in [3.63, 3.8) is 0 Å². The van der Waals surface area contributed by atoms with Crippen molar-refractivity contribution in [3.05, 3.63) is 35.5 Å². The van der Waals surface area contributed by atoms with E-state index in [1.165, 1.54) is 11.3 Å². The third kappa shape index (κ3) is 5.83. The van der Waals surface area contributed by atoms with Crippen molar-refractivity contribution in [1.82, 2.24) is 19.8 Å². The Morgan fingerprint density at radius 3 is 2.66 bits per heavy atom. The zero-order valence-electron chi connectivity index (χ0n) is 17.0. The minimum Gasteiger partial charge on any atom is -0.337 e. The fraction of sp³-hybridized carbons (Fsp3) is 0.550. The van der Waals surface area contributed by atoms with Gasteiger partial charge in [-0.25, -0.2) is 13.4 Å². The number of likely N-dealkylation sites (N-methyl/N-ethyl adjacent to an activating group) is 1. The number of sulfone groups is 1. The van der Waals surface area contributed by atoms with Gasteiger partial charge in [-0.3, -0.25) is 9.78 Å². The van der Waals surface area contributed by atoms with Crippen molar-refractivity contribution in [2.45, 2.75) is 32.7 Å². The molecule has 0 aromatic carbocycles. The summed E-state index contributed by atoms with van der Waals surface area (Å²) in [4.78, 5) is 26.0. The van der Waals surface area contributed by atoms with Crippen molar-refractivity contribution in [2.75, 3.05) is 37.7 Å². The molecule has 3 rings (SSSR count). The summed E-state index contributed by atoms with van der Waals surface area (Å²) in [7, 11) is -3.06. The molecule has 1 amide bonds. The number of pyridine rings is 1. The molecule has 2 aromatic rings. The standard InChI is InChI=1S/C20H28N4O3S2/c1-3-23(4-2)10-11-24(17-8-12-29(26,27)15-17)19(25)13-16-14-28-20(22-16)18-7-5-6-9-21-18/h5-7,9,14,17H,3-4,8,10-13,15H2,1-2H3. The molecule has 2 aromatic heterocycles. The Bertz CT molecular complexity index is 911. The summed E-state index contributed by atoms with van der Waals surface area (Å²) in [5.74, 6) is 0.164. The largest absolute Gasteiger partial charge is 0.337 e. The molecular formula is C20H28N4O3S2. The molecule has 1 aliphatic rings. The Balaban J connectivity index is 1.71. The number of hydrogen-bond acceptors (Lipinski definition) is 7. The number of nitrogens with zero attached hydrogens (tertiary/aromatic N) is 4. The lowest BCUT2D eigenvalue weighted by Gasteiger charge is -2.30. The Morgan fingerprint density at radius 1 is 1.24 bits per heavy atom. The molecule has 1 saturated heterocycles. The maximum atomic E-state index is 13.1. The molecule has 0 aliphatic carbocycles. The van der Waals surface area contributed by atoms with Crippen LogP contribution in [-0.4, -0.2) is 77.8 Å². The Kier molecular flexibility index (Phi) is 7.37. The molecular weight excluding hydrogens is 408 g/mol. The van der Waals surface area contributed by atoms with Gasteiger partial charge in [0.1, 0.15) is 5.01 Å². The minimum absolute atomic E-state index is 0.0582. The van der Waals surface area contributed by atoms with Gasteiger partial charge in [-0.05, 0) is 31.6 Å². The van der Waals surface area contributed by atoms with E-state index in [1.807, 2.05) is 23.6 Å². The van der Waals surface area contributed by atoms with E-state index in [2.05, 4.69) is 28.7 Å². The summed E-state index contributed by atoms with van der Waals surface area (Å²) < 4.78 is 23.9. The van der Waals surface area contributed by atoms with Crippen molar-refractivity contribution >= 4 is 27.1 Å². The highest BCUT2D eigenvalue weighted by atomic mass is 32.2. The van der Waals surface area contributed by atoms with Gasteiger partial charge in [0.05, 0.1) is 29.3 Å². The molecule has 0 saturated carbocycles. The molecule has 158 valence electrons. The smallest absolute Gasteiger partial charge is 0.228 e. The Hall–Kier alpha value is -1.84. The quantitative estimate of drug-likeness (QED) is 0.599. The fourth-order valence-electron chi connectivity index (χ4n) is 3.57. The summed E-state index contributed by atoms with van der Waals surface area (Å²) in [6, 6.07) is 5.41. The molecule has 7 nitrogen and oxygen atoms in total. The van der Waals surface area contributed by atoms with Gasteiger partial charge in [0, 0.05) is 30.7 Å². The number of carbonyl (C=O) groups is 1. The number of rotatable bonds is 9. The zero-order chi connectivity index (χ0) is 20.9. The average molecular weight is 437 g/mol. The first-order valence-electron chi connectivity index (χ1n) is 10.00. The van der Waals surface area contributed by atoms with Crippen molar-refractivity contribution in [2.24, 2.45) is 0 Å². The Morgan fingerprint density at radius 2 is 2.03 bits per heavy atom. The van der Waals surface area contributed by atoms with Crippen molar-refractivity contribution < 1.29 is 13.2 Å². The third-order valence-corrected chi connectivity index (χ3v) is 7.95. The minimum atomic E-state index is -3.06. The van der Waals surface area contributed by atoms with Crippen LogP contribution in [0.15, 0.2) is 29.8 Å². The monoisotopic (exact) mass is 436 g/mol. The van der Waals surface area contributed by atoms with E-state index in [4.69, 9.17) is 0 Å². The lowest BCUT2D eigenvalue weighted by Crippen LogP contribution is -2.46. The summed E-state index contributed by atoms with van der Waals surface area (Å²) in [5.41, 5.74) is 1.49. The van der Waals surface area contributed by atoms with Crippen LogP contribution in [0.3, 0.4) is 0 Å². The lowest BCUT2D eigenvalue weighted by atomic mass is 10.2. The fourth-order valence-corrected chi connectivity index (χ4v) is 6.10. The number of amides is 1. The summed E-state index contributed by atoms with van der Waals surface area (Å²) >= 11 is 1.47. The maximum absolute atomic E-state index is 13.1. The van der Waals surface area contributed by atoms with Crippen LogP contribution in [0.2, 0.25) is 0 Å². The first-order chi connectivity index (χ1) is 13.9. The van der Waals surface area contributed by atoms with E-state index in [0.29, 0.717) is 18.7 Å². The van der Waals surface area contributed by atoms with Crippen LogP contribution in [0.1, 0.15) is 26.0 Å². The van der Waals surface area contributed by atoms with Gasteiger partial charge >= 0.3 is 0 Å². The molecule has 0 N–H and O–H groups in total. The zero-order valence-corrected chi connectivity index (χ0v) is 18.6. The van der Waals surface area contributed by atoms with Crippen LogP contribution >= 0.6 is 11.3 Å². The van der Waals surface area contributed by atoms with Crippen molar-refractivity contribution in [1.29, 1.82) is 0 Å². The van der Waals surface area contributed by atoms with Crippen LogP contribution in [0.25, 0.3) is 10.7 Å². The lowest BCUT2D eigenvalue weighted by molar-refractivity contribution is -0.132. The second-order valence-corrected chi connectivity index (χ2v) is 10.3. The number of carbonyl (C=O) groups excluding carboxylic acids is 1. The van der Waals surface area contributed by atoms with E-state index in [0.717, 1.165) is 30.3 Å². The molecule has 29 heavy (non-hydrogen) atoms. The molecule has 0 bridgehead atoms. The van der Waals surface area contributed by atoms with Gasteiger partial charge in [-0.2, -0.15) is 0 Å². The second-order valence-electron chi connectivity index (χ2n) is 7.21. The molecule has 1 aliphatic heterocycles. The highest BCUT2D eigenvalue weighted by Gasteiger charge is 2.34. The van der Waals surface area contributed by atoms with Gasteiger partial charge in [0.2, 0.25) is 5.91 Å². The Labute approximate surface area is 176 Å². The molecule has 0 spiro atoms. The molecule has 1 fully saturated rings. The summed E-state index contributed by atoms with van der Waals surface area (Å²) in [6.45, 7) is 7.26. The van der Waals surface area contributed by atoms with Crippen LogP contribution in [-0.2, 0) is 21.1 Å². The molecule has 1 unspecified atom stereocenters. The molecule has 3 heterocycles.